The van der Waals surface area contributed by atoms with Gasteiger partial charge in [-0.05, 0) is 57.8 Å². The molecule has 0 N–H and O–H groups in total. The monoisotopic (exact) mass is 718 g/mol. The van der Waals surface area contributed by atoms with E-state index in [9.17, 15) is 19.5 Å². The molecule has 0 rings (SSSR count). The van der Waals surface area contributed by atoms with Crippen LogP contribution in [0.15, 0.2) is 48.6 Å². The molecular formula is C43H75NO7. The minimum absolute atomic E-state index is 0.0202. The van der Waals surface area contributed by atoms with Crippen molar-refractivity contribution in [1.82, 2.24) is 0 Å². The number of hydrogen-bond acceptors (Lipinski definition) is 7. The van der Waals surface area contributed by atoms with Crippen LogP contribution in [-0.4, -0.2) is 75.5 Å². The van der Waals surface area contributed by atoms with Crippen LogP contribution in [0.1, 0.15) is 155 Å². The van der Waals surface area contributed by atoms with Gasteiger partial charge in [0.2, 0.25) is 0 Å². The predicted octanol–water partition coefficient (Wildman–Crippen LogP) is 9.13. The number of likely N-dealkylation sites (N-methyl/N-ethyl adjacent to an activating group) is 1. The van der Waals surface area contributed by atoms with Crippen molar-refractivity contribution in [1.29, 1.82) is 0 Å². The van der Waals surface area contributed by atoms with Gasteiger partial charge in [-0.15, -0.1) is 0 Å². The maximum Gasteiger partial charge on any atom is 0.306 e. The molecule has 0 fully saturated rings. The number of ether oxygens (including phenoxy) is 3. The molecule has 8 heteroatoms. The molecule has 294 valence electrons. The second-order valence-electron chi connectivity index (χ2n) is 14.6. The molecule has 0 saturated carbocycles. The highest BCUT2D eigenvalue weighted by Crippen LogP contribution is 2.12. The molecule has 0 radical (unpaired) electrons. The van der Waals surface area contributed by atoms with E-state index in [1.807, 2.05) is 0 Å². The Kier molecular flexibility index (Phi) is 32.6. The summed E-state index contributed by atoms with van der Waals surface area (Å²) in [5.41, 5.74) is 0. The molecule has 0 aliphatic rings. The maximum atomic E-state index is 12.6. The summed E-state index contributed by atoms with van der Waals surface area (Å²) >= 11 is 0. The largest absolute Gasteiger partial charge is 0.544 e. The number of esters is 2. The topological polar surface area (TPSA) is 102 Å². The van der Waals surface area contributed by atoms with Gasteiger partial charge in [0.05, 0.1) is 40.3 Å². The lowest BCUT2D eigenvalue weighted by molar-refractivity contribution is -0.889. The molecule has 0 aromatic carbocycles. The SMILES string of the molecule is CCCC/C=C/C=C/CCCCCC(=O)OC(COCCC(C(=O)[O-])[N+](C)(C)C)COC(=O)CCCCC/C=C/C=C/CCCCCCCCC. The number of allylic oxidation sites excluding steroid dienone is 8. The number of carboxylic acid groups (broad SMARTS) is 1. The summed E-state index contributed by atoms with van der Waals surface area (Å²) in [6, 6.07) is -0.734. The zero-order valence-corrected chi connectivity index (χ0v) is 33.3. The summed E-state index contributed by atoms with van der Waals surface area (Å²) in [5.74, 6) is -1.81. The number of unbranched alkanes of at least 4 members (excludes halogenated alkanes) is 15. The second-order valence-corrected chi connectivity index (χ2v) is 14.6. The molecule has 0 heterocycles. The first-order valence-corrected chi connectivity index (χ1v) is 20.2. The Morgan fingerprint density at radius 2 is 1.04 bits per heavy atom. The van der Waals surface area contributed by atoms with Crippen LogP contribution in [0.3, 0.4) is 0 Å². The number of nitrogens with zero attached hydrogens (tertiary/aromatic N) is 1. The lowest BCUT2D eigenvalue weighted by Gasteiger charge is -2.34. The summed E-state index contributed by atoms with van der Waals surface area (Å²) in [6.45, 7) is 4.52. The van der Waals surface area contributed by atoms with Gasteiger partial charge >= 0.3 is 11.9 Å². The number of carbonyl (C=O) groups excluding carboxylic acids is 3. The molecule has 0 bridgehead atoms. The average Bonchev–Trinajstić information content (AvgIpc) is 3.08. The molecule has 0 aliphatic heterocycles. The van der Waals surface area contributed by atoms with Gasteiger partial charge in [-0.1, -0.05) is 127 Å². The summed E-state index contributed by atoms with van der Waals surface area (Å²) in [7, 11) is 5.37. The van der Waals surface area contributed by atoms with E-state index in [2.05, 4.69) is 62.5 Å². The highest BCUT2D eigenvalue weighted by Gasteiger charge is 2.25. The summed E-state index contributed by atoms with van der Waals surface area (Å²) in [6.07, 6.45) is 38.5. The van der Waals surface area contributed by atoms with Gasteiger partial charge in [0, 0.05) is 19.3 Å². The highest BCUT2D eigenvalue weighted by molar-refractivity contribution is 5.70. The quantitative estimate of drug-likeness (QED) is 0.0279. The summed E-state index contributed by atoms with van der Waals surface area (Å²) < 4.78 is 17.0. The molecule has 0 amide bonds. The number of aliphatic carboxylic acids is 1. The zero-order chi connectivity index (χ0) is 37.8. The Morgan fingerprint density at radius 3 is 1.53 bits per heavy atom. The standard InChI is InChI=1S/C43H75NO7/c1-6-8-10-12-14-16-18-19-20-21-22-24-25-27-29-31-33-41(45)50-38-39(37-49-36-35-40(43(47)48)44(3,4)5)51-42(46)34-32-30-28-26-23-17-15-13-11-9-7-2/h13,15,17,20-24,39-40H,6-12,14,16,18-19,25-38H2,1-5H3/b15-13+,21-20+,23-17+,24-22+. The number of hydrogen-bond donors (Lipinski definition) is 0. The van der Waals surface area contributed by atoms with Crippen LogP contribution in [0.2, 0.25) is 0 Å². The lowest BCUT2D eigenvalue weighted by Crippen LogP contribution is -2.55. The van der Waals surface area contributed by atoms with Gasteiger partial charge in [0.25, 0.3) is 0 Å². The van der Waals surface area contributed by atoms with Gasteiger partial charge in [0.1, 0.15) is 12.6 Å². The Bertz CT molecular complexity index is 979. The van der Waals surface area contributed by atoms with Gasteiger partial charge in [-0.25, -0.2) is 0 Å². The third kappa shape index (κ3) is 32.9. The lowest BCUT2D eigenvalue weighted by atomic mass is 10.1. The molecule has 0 aromatic heterocycles. The van der Waals surface area contributed by atoms with Crippen LogP contribution < -0.4 is 5.11 Å². The van der Waals surface area contributed by atoms with Gasteiger partial charge in [-0.2, -0.15) is 0 Å². The van der Waals surface area contributed by atoms with E-state index in [0.717, 1.165) is 57.8 Å². The Balaban J connectivity index is 4.46. The van der Waals surface area contributed by atoms with Gasteiger partial charge < -0.3 is 28.6 Å². The summed E-state index contributed by atoms with van der Waals surface area (Å²) in [5, 5.41) is 11.6. The summed E-state index contributed by atoms with van der Waals surface area (Å²) in [4.78, 5) is 36.7. The average molecular weight is 718 g/mol. The third-order valence-electron chi connectivity index (χ3n) is 8.74. The van der Waals surface area contributed by atoms with E-state index in [4.69, 9.17) is 14.2 Å². The van der Waals surface area contributed by atoms with Crippen LogP contribution in [0.4, 0.5) is 0 Å². The van der Waals surface area contributed by atoms with E-state index in [1.54, 1.807) is 21.1 Å². The molecule has 0 spiro atoms. The van der Waals surface area contributed by atoms with Crippen LogP contribution in [0.5, 0.6) is 0 Å². The van der Waals surface area contributed by atoms with Crippen molar-refractivity contribution >= 4 is 17.9 Å². The van der Waals surface area contributed by atoms with Crippen molar-refractivity contribution in [3.05, 3.63) is 48.6 Å². The van der Waals surface area contributed by atoms with Crippen molar-refractivity contribution in [2.75, 3.05) is 41.0 Å². The van der Waals surface area contributed by atoms with E-state index < -0.39 is 18.1 Å². The van der Waals surface area contributed by atoms with Crippen LogP contribution in [0, 0.1) is 0 Å². The Morgan fingerprint density at radius 1 is 0.588 bits per heavy atom. The van der Waals surface area contributed by atoms with Crippen molar-refractivity contribution in [3.63, 3.8) is 0 Å². The van der Waals surface area contributed by atoms with E-state index in [0.29, 0.717) is 12.8 Å². The fraction of sp³-hybridized carbons (Fsp3) is 0.744. The second kappa shape index (κ2) is 34.4. The molecule has 2 unspecified atom stereocenters. The number of carbonyl (C=O) groups is 3. The third-order valence-corrected chi connectivity index (χ3v) is 8.74. The fourth-order valence-electron chi connectivity index (χ4n) is 5.51. The number of carboxylic acids is 1. The first kappa shape index (κ1) is 48.3. The minimum Gasteiger partial charge on any atom is -0.544 e. The fourth-order valence-corrected chi connectivity index (χ4v) is 5.51. The smallest absolute Gasteiger partial charge is 0.306 e. The first-order valence-electron chi connectivity index (χ1n) is 20.2. The Labute approximate surface area is 312 Å². The van der Waals surface area contributed by atoms with Crippen molar-refractivity contribution in [3.8, 4) is 0 Å². The molecule has 51 heavy (non-hydrogen) atoms. The zero-order valence-electron chi connectivity index (χ0n) is 33.3. The molecule has 0 aromatic rings. The van der Waals surface area contributed by atoms with Gasteiger partial charge in [-0.3, -0.25) is 9.59 Å². The molecule has 0 saturated heterocycles. The van der Waals surface area contributed by atoms with Crippen LogP contribution >= 0.6 is 0 Å². The first-order chi connectivity index (χ1) is 24.6. The van der Waals surface area contributed by atoms with Crippen LogP contribution in [0.25, 0.3) is 0 Å². The minimum atomic E-state index is -1.14. The van der Waals surface area contributed by atoms with Crippen molar-refractivity contribution in [2.45, 2.75) is 167 Å². The molecular weight excluding hydrogens is 642 g/mol. The molecule has 0 aliphatic carbocycles. The normalized spacial score (nSPS) is 13.5. The van der Waals surface area contributed by atoms with E-state index in [1.165, 1.54) is 57.8 Å². The van der Waals surface area contributed by atoms with Gasteiger partial charge in [0.15, 0.2) is 6.10 Å². The van der Waals surface area contributed by atoms with Crippen molar-refractivity contribution in [2.24, 2.45) is 0 Å². The number of quaternary nitrogens is 1. The van der Waals surface area contributed by atoms with Crippen LogP contribution in [-0.2, 0) is 28.6 Å². The van der Waals surface area contributed by atoms with E-state index in [-0.39, 0.29) is 49.1 Å². The van der Waals surface area contributed by atoms with E-state index >= 15 is 0 Å². The highest BCUT2D eigenvalue weighted by atomic mass is 16.6. The molecule has 2 atom stereocenters. The number of rotatable bonds is 35. The Hall–Kier alpha value is -2.71. The predicted molar refractivity (Wildman–Crippen MR) is 208 cm³/mol. The van der Waals surface area contributed by atoms with Crippen molar-refractivity contribution < 1.29 is 38.2 Å². The maximum absolute atomic E-state index is 12.6. The molecule has 8 nitrogen and oxygen atoms in total.